The molecule has 2 N–H and O–H groups in total. The quantitative estimate of drug-likeness (QED) is 0.911. The molecule has 0 radical (unpaired) electrons. The number of rotatable bonds is 4. The number of ether oxygens (including phenoxy) is 1. The number of hydrogen-bond acceptors (Lipinski definition) is 2. The first-order valence-electron chi connectivity index (χ1n) is 6.82. The van der Waals surface area contributed by atoms with Gasteiger partial charge in [0.1, 0.15) is 0 Å². The van der Waals surface area contributed by atoms with Crippen molar-refractivity contribution in [1.82, 2.24) is 0 Å². The highest BCUT2D eigenvalue weighted by atomic mass is 19.2. The third-order valence-corrected chi connectivity index (χ3v) is 4.22. The van der Waals surface area contributed by atoms with Crippen LogP contribution in [0, 0.1) is 11.6 Å². The van der Waals surface area contributed by atoms with E-state index in [1.807, 2.05) is 0 Å². The molecule has 2 nitrogen and oxygen atoms in total. The maximum atomic E-state index is 13.2. The summed E-state index contributed by atoms with van der Waals surface area (Å²) in [7, 11) is 1.69. The molecule has 2 rings (SSSR count). The second-order valence-electron chi connectivity index (χ2n) is 5.39. The number of nitrogens with two attached hydrogens (primary N) is 1. The summed E-state index contributed by atoms with van der Waals surface area (Å²) in [5.41, 5.74) is 6.67. The van der Waals surface area contributed by atoms with Crippen LogP contribution in [0.15, 0.2) is 18.2 Å². The molecule has 106 valence electrons. The van der Waals surface area contributed by atoms with Gasteiger partial charge in [-0.25, -0.2) is 8.78 Å². The highest BCUT2D eigenvalue weighted by Crippen LogP contribution is 2.34. The third kappa shape index (κ3) is 3.12. The van der Waals surface area contributed by atoms with Crippen molar-refractivity contribution in [3.8, 4) is 0 Å². The van der Waals surface area contributed by atoms with Gasteiger partial charge in [0.05, 0.1) is 5.60 Å². The molecular formula is C15H21F2NO. The van der Waals surface area contributed by atoms with E-state index >= 15 is 0 Å². The molecule has 1 aliphatic rings. The molecule has 0 bridgehead atoms. The Morgan fingerprint density at radius 3 is 2.47 bits per heavy atom. The number of halogens is 2. The van der Waals surface area contributed by atoms with Crippen molar-refractivity contribution >= 4 is 0 Å². The Labute approximate surface area is 112 Å². The minimum atomic E-state index is -0.823. The van der Waals surface area contributed by atoms with Crippen LogP contribution in [0.2, 0.25) is 0 Å². The van der Waals surface area contributed by atoms with Crippen molar-refractivity contribution < 1.29 is 13.5 Å². The summed E-state index contributed by atoms with van der Waals surface area (Å²) in [6, 6.07) is 3.77. The van der Waals surface area contributed by atoms with Gasteiger partial charge in [0.25, 0.3) is 0 Å². The van der Waals surface area contributed by atoms with Crippen molar-refractivity contribution in [2.75, 3.05) is 7.11 Å². The Morgan fingerprint density at radius 1 is 1.21 bits per heavy atom. The van der Waals surface area contributed by atoms with Crippen molar-refractivity contribution in [3.63, 3.8) is 0 Å². The minimum absolute atomic E-state index is 0.192. The molecule has 1 unspecified atom stereocenters. The lowest BCUT2D eigenvalue weighted by Gasteiger charge is -2.41. The molecule has 1 aromatic rings. The molecule has 4 heteroatoms. The Balaban J connectivity index is 2.10. The summed E-state index contributed by atoms with van der Waals surface area (Å²) in [5.74, 6) is -1.64. The van der Waals surface area contributed by atoms with Crippen molar-refractivity contribution in [1.29, 1.82) is 0 Å². The normalized spacial score (nSPS) is 20.2. The van der Waals surface area contributed by atoms with Gasteiger partial charge in [-0.2, -0.15) is 0 Å². The average Bonchev–Trinajstić information content (AvgIpc) is 2.43. The van der Waals surface area contributed by atoms with E-state index in [0.29, 0.717) is 12.0 Å². The Hall–Kier alpha value is -1.00. The van der Waals surface area contributed by atoms with Crippen LogP contribution in [-0.4, -0.2) is 18.8 Å². The molecule has 1 atom stereocenters. The van der Waals surface area contributed by atoms with E-state index in [1.165, 1.54) is 12.5 Å². The van der Waals surface area contributed by atoms with E-state index in [1.54, 1.807) is 13.2 Å². The number of benzene rings is 1. The zero-order valence-corrected chi connectivity index (χ0v) is 11.3. The van der Waals surface area contributed by atoms with E-state index in [9.17, 15) is 8.78 Å². The lowest BCUT2D eigenvalue weighted by atomic mass is 9.77. The van der Waals surface area contributed by atoms with Gasteiger partial charge in [-0.3, -0.25) is 0 Å². The van der Waals surface area contributed by atoms with Gasteiger partial charge < -0.3 is 10.5 Å². The minimum Gasteiger partial charge on any atom is -0.377 e. The first kappa shape index (κ1) is 14.4. The average molecular weight is 269 g/mol. The fraction of sp³-hybridized carbons (Fsp3) is 0.600. The zero-order valence-electron chi connectivity index (χ0n) is 11.3. The smallest absolute Gasteiger partial charge is 0.159 e. The third-order valence-electron chi connectivity index (χ3n) is 4.22. The van der Waals surface area contributed by atoms with Crippen LogP contribution in [0.1, 0.15) is 37.7 Å². The molecule has 1 aromatic carbocycles. The van der Waals surface area contributed by atoms with E-state index in [0.717, 1.165) is 31.7 Å². The van der Waals surface area contributed by atoms with Crippen LogP contribution in [0.4, 0.5) is 8.78 Å². The fourth-order valence-electron chi connectivity index (χ4n) is 2.98. The van der Waals surface area contributed by atoms with E-state index < -0.39 is 11.6 Å². The first-order valence-corrected chi connectivity index (χ1v) is 6.82. The second kappa shape index (κ2) is 5.97. The summed E-state index contributed by atoms with van der Waals surface area (Å²) in [5, 5.41) is 0. The highest BCUT2D eigenvalue weighted by Gasteiger charge is 2.37. The standard InChI is InChI=1S/C15H21F2NO/c1-19-15(7-3-2-4-8-15)14(18)10-11-5-6-12(16)13(17)9-11/h5-6,9,14H,2-4,7-8,10,18H2,1H3. The van der Waals surface area contributed by atoms with Gasteiger partial charge >= 0.3 is 0 Å². The fourth-order valence-corrected chi connectivity index (χ4v) is 2.98. The first-order chi connectivity index (χ1) is 9.07. The molecule has 0 aliphatic heterocycles. The SMILES string of the molecule is COC1(C(N)Cc2ccc(F)c(F)c2)CCCCC1. The van der Waals surface area contributed by atoms with Gasteiger partial charge in [0.15, 0.2) is 11.6 Å². The van der Waals surface area contributed by atoms with Crippen LogP contribution >= 0.6 is 0 Å². The van der Waals surface area contributed by atoms with E-state index in [-0.39, 0.29) is 11.6 Å². The maximum absolute atomic E-state index is 13.2. The highest BCUT2D eigenvalue weighted by molar-refractivity contribution is 5.20. The molecule has 19 heavy (non-hydrogen) atoms. The Bertz CT molecular complexity index is 430. The van der Waals surface area contributed by atoms with Gasteiger partial charge in [-0.15, -0.1) is 0 Å². The van der Waals surface area contributed by atoms with Crippen LogP contribution < -0.4 is 5.73 Å². The van der Waals surface area contributed by atoms with Crippen LogP contribution in [0.3, 0.4) is 0 Å². The topological polar surface area (TPSA) is 35.2 Å². The molecule has 0 spiro atoms. The summed E-state index contributed by atoms with van der Waals surface area (Å²) in [6.45, 7) is 0. The molecule has 0 heterocycles. The summed E-state index contributed by atoms with van der Waals surface area (Å²) < 4.78 is 31.8. The molecule has 1 aliphatic carbocycles. The van der Waals surface area contributed by atoms with Crippen LogP contribution in [-0.2, 0) is 11.2 Å². The predicted molar refractivity (Wildman–Crippen MR) is 70.9 cm³/mol. The molecule has 0 saturated heterocycles. The van der Waals surface area contributed by atoms with Gasteiger partial charge in [-0.1, -0.05) is 25.3 Å². The predicted octanol–water partition coefficient (Wildman–Crippen LogP) is 3.18. The number of methoxy groups -OCH3 is 1. The maximum Gasteiger partial charge on any atom is 0.159 e. The van der Waals surface area contributed by atoms with Crippen molar-refractivity contribution in [2.24, 2.45) is 5.73 Å². The molecule has 1 saturated carbocycles. The lowest BCUT2D eigenvalue weighted by Crippen LogP contribution is -2.51. The van der Waals surface area contributed by atoms with Crippen molar-refractivity contribution in [2.45, 2.75) is 50.2 Å². The Kier molecular flexibility index (Phi) is 4.53. The summed E-state index contributed by atoms with van der Waals surface area (Å²) >= 11 is 0. The summed E-state index contributed by atoms with van der Waals surface area (Å²) in [6.07, 6.45) is 5.81. The summed E-state index contributed by atoms with van der Waals surface area (Å²) in [4.78, 5) is 0. The molecule has 0 amide bonds. The largest absolute Gasteiger partial charge is 0.377 e. The van der Waals surface area contributed by atoms with Gasteiger partial charge in [0, 0.05) is 13.2 Å². The molecule has 1 fully saturated rings. The van der Waals surface area contributed by atoms with Crippen molar-refractivity contribution in [3.05, 3.63) is 35.4 Å². The van der Waals surface area contributed by atoms with Gasteiger partial charge in [-0.05, 0) is 37.0 Å². The second-order valence-corrected chi connectivity index (χ2v) is 5.39. The Morgan fingerprint density at radius 2 is 1.89 bits per heavy atom. The van der Waals surface area contributed by atoms with Crippen LogP contribution in [0.5, 0.6) is 0 Å². The van der Waals surface area contributed by atoms with Crippen LogP contribution in [0.25, 0.3) is 0 Å². The lowest BCUT2D eigenvalue weighted by molar-refractivity contribution is -0.0582. The molecular weight excluding hydrogens is 248 g/mol. The number of hydrogen-bond donors (Lipinski definition) is 1. The van der Waals surface area contributed by atoms with E-state index in [2.05, 4.69) is 0 Å². The zero-order chi connectivity index (χ0) is 13.9. The van der Waals surface area contributed by atoms with Gasteiger partial charge in [0.2, 0.25) is 0 Å². The monoisotopic (exact) mass is 269 g/mol. The molecule has 0 aromatic heterocycles. The van der Waals surface area contributed by atoms with E-state index in [4.69, 9.17) is 10.5 Å².